The highest BCUT2D eigenvalue weighted by Gasteiger charge is 2.49. The topological polar surface area (TPSA) is 38.7 Å². The minimum Gasteiger partial charge on any atom is -0.208 e. The van der Waals surface area contributed by atoms with Gasteiger partial charge in [0, 0.05) is 16.7 Å². The van der Waals surface area contributed by atoms with E-state index >= 15 is 0 Å². The van der Waals surface area contributed by atoms with E-state index < -0.39 is 8.07 Å². The van der Waals surface area contributed by atoms with Crippen LogP contribution in [0.5, 0.6) is 0 Å². The van der Waals surface area contributed by atoms with Crippen molar-refractivity contribution in [3.05, 3.63) is 187 Å². The Kier molecular flexibility index (Phi) is 7.60. The minimum atomic E-state index is -2.70. The lowest BCUT2D eigenvalue weighted by atomic mass is 9.99. The number of nitrogens with zero attached hydrogens (tertiary/aromatic N) is 3. The predicted octanol–water partition coefficient (Wildman–Crippen LogP) is 8.51. The highest BCUT2D eigenvalue weighted by molar-refractivity contribution is 7.22. The molecular formula is C47H35N3Si. The van der Waals surface area contributed by atoms with Gasteiger partial charge in [-0.05, 0) is 56.8 Å². The third kappa shape index (κ3) is 5.23. The summed E-state index contributed by atoms with van der Waals surface area (Å²) in [6.07, 6.45) is 0. The van der Waals surface area contributed by atoms with Gasteiger partial charge in [0.1, 0.15) is 0 Å². The lowest BCUT2D eigenvalue weighted by Crippen LogP contribution is -2.72. The first kappa shape index (κ1) is 30.8. The molecule has 4 heteroatoms. The standard InChI is InChI=1S/C47H35N3Si/c1-32-20-28-38(29-21-32)51(39-30-22-33(2)23-31-39)42-18-10-9-16-40(42)44-41(17-11-19-43(44)51)47-49-45(36-14-7-4-8-15-36)48-46(50-47)37-26-24-35(25-27-37)34-12-5-3-6-13-34/h3-31H,1-2H3. The molecule has 0 fully saturated rings. The van der Waals surface area contributed by atoms with Crippen molar-refractivity contribution in [1.82, 2.24) is 15.0 Å². The predicted molar refractivity (Wildman–Crippen MR) is 214 cm³/mol. The Morgan fingerprint density at radius 1 is 0.333 bits per heavy atom. The van der Waals surface area contributed by atoms with E-state index in [1.54, 1.807) is 0 Å². The van der Waals surface area contributed by atoms with Crippen LogP contribution in [-0.2, 0) is 0 Å². The van der Waals surface area contributed by atoms with Crippen molar-refractivity contribution in [3.8, 4) is 56.4 Å². The van der Waals surface area contributed by atoms with Crippen molar-refractivity contribution in [2.75, 3.05) is 0 Å². The van der Waals surface area contributed by atoms with Gasteiger partial charge in [0.25, 0.3) is 0 Å². The van der Waals surface area contributed by atoms with Gasteiger partial charge in [0.05, 0.1) is 0 Å². The summed E-state index contributed by atoms with van der Waals surface area (Å²) in [6, 6.07) is 63.4. The number of fused-ring (bicyclic) bond motifs is 3. The molecule has 3 nitrogen and oxygen atoms in total. The van der Waals surface area contributed by atoms with Crippen LogP contribution in [0.3, 0.4) is 0 Å². The van der Waals surface area contributed by atoms with Gasteiger partial charge in [-0.15, -0.1) is 0 Å². The van der Waals surface area contributed by atoms with Crippen LogP contribution in [0.15, 0.2) is 176 Å². The largest absolute Gasteiger partial charge is 0.208 e. The molecule has 0 spiro atoms. The summed E-state index contributed by atoms with van der Waals surface area (Å²) in [5.41, 5.74) is 10.3. The molecule has 1 aromatic heterocycles. The molecule has 9 rings (SSSR count). The highest BCUT2D eigenvalue weighted by atomic mass is 28.3. The van der Waals surface area contributed by atoms with E-state index in [0.29, 0.717) is 17.5 Å². The van der Waals surface area contributed by atoms with Gasteiger partial charge in [-0.3, -0.25) is 0 Å². The Hall–Kier alpha value is -6.23. The lowest BCUT2D eigenvalue weighted by molar-refractivity contribution is 1.07. The van der Waals surface area contributed by atoms with E-state index in [9.17, 15) is 0 Å². The number of aromatic nitrogens is 3. The van der Waals surface area contributed by atoms with Crippen LogP contribution < -0.4 is 20.7 Å². The zero-order valence-corrected chi connectivity index (χ0v) is 29.6. The Morgan fingerprint density at radius 2 is 0.765 bits per heavy atom. The third-order valence-electron chi connectivity index (χ3n) is 10.2. The van der Waals surface area contributed by atoms with E-state index in [0.717, 1.165) is 22.3 Å². The second-order valence-corrected chi connectivity index (χ2v) is 17.1. The molecule has 8 aromatic rings. The molecule has 1 aliphatic rings. The van der Waals surface area contributed by atoms with Gasteiger partial charge in [-0.25, -0.2) is 15.0 Å². The van der Waals surface area contributed by atoms with E-state index in [4.69, 9.17) is 15.0 Å². The summed E-state index contributed by atoms with van der Waals surface area (Å²) in [7, 11) is -2.70. The molecule has 51 heavy (non-hydrogen) atoms. The van der Waals surface area contributed by atoms with Crippen molar-refractivity contribution in [3.63, 3.8) is 0 Å². The van der Waals surface area contributed by atoms with Crippen LogP contribution in [0.4, 0.5) is 0 Å². The van der Waals surface area contributed by atoms with Crippen LogP contribution in [0, 0.1) is 13.8 Å². The zero-order chi connectivity index (χ0) is 34.4. The summed E-state index contributed by atoms with van der Waals surface area (Å²) >= 11 is 0. The molecule has 0 N–H and O–H groups in total. The molecular weight excluding hydrogens is 635 g/mol. The molecule has 0 aliphatic carbocycles. The van der Waals surface area contributed by atoms with Gasteiger partial charge in [0.2, 0.25) is 0 Å². The smallest absolute Gasteiger partial charge is 0.180 e. The van der Waals surface area contributed by atoms with E-state index in [-0.39, 0.29) is 0 Å². The van der Waals surface area contributed by atoms with Crippen molar-refractivity contribution in [1.29, 1.82) is 0 Å². The normalized spacial score (nSPS) is 12.7. The maximum Gasteiger partial charge on any atom is 0.180 e. The lowest BCUT2D eigenvalue weighted by Gasteiger charge is -2.31. The molecule has 0 saturated carbocycles. The van der Waals surface area contributed by atoms with Crippen LogP contribution in [0.2, 0.25) is 0 Å². The molecule has 0 atom stereocenters. The molecule has 2 heterocycles. The van der Waals surface area contributed by atoms with Gasteiger partial charge < -0.3 is 0 Å². The van der Waals surface area contributed by atoms with Crippen LogP contribution in [-0.4, -0.2) is 23.0 Å². The van der Waals surface area contributed by atoms with Gasteiger partial charge >= 0.3 is 0 Å². The number of rotatable bonds is 6. The molecule has 7 aromatic carbocycles. The molecule has 0 amide bonds. The summed E-state index contributed by atoms with van der Waals surface area (Å²) in [5.74, 6) is 1.99. The van der Waals surface area contributed by atoms with Gasteiger partial charge in [-0.1, -0.05) is 187 Å². The zero-order valence-electron chi connectivity index (χ0n) is 28.6. The number of hydrogen-bond acceptors (Lipinski definition) is 3. The second kappa shape index (κ2) is 12.6. The summed E-state index contributed by atoms with van der Waals surface area (Å²) in [6.45, 7) is 4.33. The quantitative estimate of drug-likeness (QED) is 0.167. The number of aryl methyl sites for hydroxylation is 2. The average molecular weight is 670 g/mol. The highest BCUT2D eigenvalue weighted by Crippen LogP contribution is 2.37. The van der Waals surface area contributed by atoms with Crippen molar-refractivity contribution < 1.29 is 0 Å². The molecule has 0 bridgehead atoms. The molecule has 1 aliphatic heterocycles. The fourth-order valence-corrected chi connectivity index (χ4v) is 12.8. The first-order valence-electron chi connectivity index (χ1n) is 17.4. The van der Waals surface area contributed by atoms with Crippen molar-refractivity contribution in [2.24, 2.45) is 0 Å². The second-order valence-electron chi connectivity index (χ2n) is 13.4. The van der Waals surface area contributed by atoms with Gasteiger partial charge in [-0.2, -0.15) is 0 Å². The maximum absolute atomic E-state index is 5.26. The average Bonchev–Trinajstić information content (AvgIpc) is 3.50. The van der Waals surface area contributed by atoms with E-state index in [1.165, 1.54) is 48.6 Å². The molecule has 0 saturated heterocycles. The van der Waals surface area contributed by atoms with Crippen LogP contribution >= 0.6 is 0 Å². The fraction of sp³-hybridized carbons (Fsp3) is 0.0426. The van der Waals surface area contributed by atoms with Gasteiger partial charge in [0.15, 0.2) is 25.5 Å². The van der Waals surface area contributed by atoms with Crippen molar-refractivity contribution >= 4 is 28.8 Å². The van der Waals surface area contributed by atoms with Crippen LogP contribution in [0.25, 0.3) is 56.4 Å². The Balaban J connectivity index is 1.29. The number of hydrogen-bond donors (Lipinski definition) is 0. The Morgan fingerprint density at radius 3 is 1.37 bits per heavy atom. The monoisotopic (exact) mass is 669 g/mol. The first-order valence-corrected chi connectivity index (χ1v) is 19.4. The minimum absolute atomic E-state index is 0.655. The fourth-order valence-electron chi connectivity index (χ4n) is 7.69. The Bertz CT molecular complexity index is 2460. The number of benzene rings is 7. The van der Waals surface area contributed by atoms with Crippen LogP contribution in [0.1, 0.15) is 11.1 Å². The maximum atomic E-state index is 5.26. The summed E-state index contributed by atoms with van der Waals surface area (Å²) < 4.78 is 0. The van der Waals surface area contributed by atoms with Crippen molar-refractivity contribution in [2.45, 2.75) is 13.8 Å². The summed E-state index contributed by atoms with van der Waals surface area (Å²) in [5, 5.41) is 5.51. The molecule has 0 unspecified atom stereocenters. The molecule has 0 radical (unpaired) electrons. The third-order valence-corrected chi connectivity index (χ3v) is 15.1. The van der Waals surface area contributed by atoms with E-state index in [1.807, 2.05) is 24.3 Å². The Labute approximate surface area is 300 Å². The molecule has 242 valence electrons. The van der Waals surface area contributed by atoms with E-state index in [2.05, 4.69) is 166 Å². The first-order chi connectivity index (χ1) is 25.1. The SMILES string of the molecule is Cc1ccc([Si]2(c3ccc(C)cc3)c3ccccc3-c3c(-c4nc(-c5ccccc5)nc(-c5ccc(-c6ccccc6)cc5)n4)cccc32)cc1. The summed E-state index contributed by atoms with van der Waals surface area (Å²) in [4.78, 5) is 15.6.